The van der Waals surface area contributed by atoms with Gasteiger partial charge in [0.25, 0.3) is 0 Å². The molecule has 3 heteroatoms. The second kappa shape index (κ2) is 8.48. The van der Waals surface area contributed by atoms with Gasteiger partial charge in [0, 0.05) is 19.3 Å². The highest BCUT2D eigenvalue weighted by Gasteiger charge is 2.14. The molecule has 0 aliphatic carbocycles. The Balaban J connectivity index is 3.60. The largest absolute Gasteiger partial charge is 0.382 e. The van der Waals surface area contributed by atoms with E-state index in [9.17, 15) is 0 Å². The minimum absolute atomic E-state index is 0.395. The highest BCUT2D eigenvalue weighted by molar-refractivity contribution is 4.70. The maximum atomic E-state index is 5.48. The number of ether oxygens (including phenoxy) is 1. The Hall–Kier alpha value is -0.120. The van der Waals surface area contributed by atoms with Crippen LogP contribution in [0, 0.1) is 5.92 Å². The summed E-state index contributed by atoms with van der Waals surface area (Å²) in [4.78, 5) is 0. The van der Waals surface area contributed by atoms with Crippen molar-refractivity contribution in [1.82, 2.24) is 5.43 Å². The Labute approximate surface area is 82.0 Å². The molecule has 2 unspecified atom stereocenters. The molecule has 0 heterocycles. The molecular weight excluding hydrogens is 164 g/mol. The van der Waals surface area contributed by atoms with Gasteiger partial charge in [-0.2, -0.15) is 0 Å². The first-order chi connectivity index (χ1) is 6.26. The molecule has 0 aromatic heterocycles. The fourth-order valence-electron chi connectivity index (χ4n) is 1.54. The molecule has 0 spiro atoms. The third-order valence-electron chi connectivity index (χ3n) is 2.42. The maximum absolute atomic E-state index is 5.48. The van der Waals surface area contributed by atoms with Crippen molar-refractivity contribution in [1.29, 1.82) is 0 Å². The molecule has 3 N–H and O–H groups in total. The quantitative estimate of drug-likeness (QED) is 0.346. The van der Waals surface area contributed by atoms with Gasteiger partial charge in [0.2, 0.25) is 0 Å². The molecule has 13 heavy (non-hydrogen) atoms. The van der Waals surface area contributed by atoms with E-state index >= 15 is 0 Å². The lowest BCUT2D eigenvalue weighted by molar-refractivity contribution is 0.128. The highest BCUT2D eigenvalue weighted by atomic mass is 16.5. The SMILES string of the molecule is CCCC(C)C(CCOCC)NN. The third-order valence-corrected chi connectivity index (χ3v) is 2.42. The van der Waals surface area contributed by atoms with E-state index in [4.69, 9.17) is 10.6 Å². The first kappa shape index (κ1) is 12.9. The number of nitrogens with two attached hydrogens (primary N) is 1. The summed E-state index contributed by atoms with van der Waals surface area (Å²) in [7, 11) is 0. The number of rotatable bonds is 8. The number of nitrogens with one attached hydrogen (secondary N) is 1. The van der Waals surface area contributed by atoms with Crippen LogP contribution in [0.3, 0.4) is 0 Å². The molecule has 80 valence electrons. The molecule has 2 atom stereocenters. The van der Waals surface area contributed by atoms with Crippen LogP contribution in [0.4, 0.5) is 0 Å². The Bertz CT molecular complexity index is 109. The Morgan fingerprint density at radius 2 is 2.00 bits per heavy atom. The standard InChI is InChI=1S/C10H24N2O/c1-4-6-9(3)10(12-11)7-8-13-5-2/h9-10,12H,4-8,11H2,1-3H3. The Kier molecular flexibility index (Phi) is 8.40. The van der Waals surface area contributed by atoms with Crippen molar-refractivity contribution in [2.24, 2.45) is 11.8 Å². The van der Waals surface area contributed by atoms with Gasteiger partial charge in [-0.05, 0) is 25.7 Å². The van der Waals surface area contributed by atoms with Gasteiger partial charge in [0.1, 0.15) is 0 Å². The average Bonchev–Trinajstić information content (AvgIpc) is 2.13. The van der Waals surface area contributed by atoms with E-state index in [-0.39, 0.29) is 0 Å². The van der Waals surface area contributed by atoms with Gasteiger partial charge in [-0.1, -0.05) is 20.3 Å². The minimum Gasteiger partial charge on any atom is -0.382 e. The van der Waals surface area contributed by atoms with Crippen LogP contribution in [0.1, 0.15) is 40.0 Å². The molecule has 0 saturated heterocycles. The van der Waals surface area contributed by atoms with Gasteiger partial charge in [-0.15, -0.1) is 0 Å². The predicted molar refractivity (Wildman–Crippen MR) is 56.3 cm³/mol. The van der Waals surface area contributed by atoms with Crippen LogP contribution in [-0.2, 0) is 4.74 Å². The maximum Gasteiger partial charge on any atom is 0.0481 e. The van der Waals surface area contributed by atoms with Crippen molar-refractivity contribution in [2.75, 3.05) is 13.2 Å². The van der Waals surface area contributed by atoms with Crippen LogP contribution in [0.5, 0.6) is 0 Å². The first-order valence-corrected chi connectivity index (χ1v) is 5.30. The van der Waals surface area contributed by atoms with E-state index in [2.05, 4.69) is 19.3 Å². The van der Waals surface area contributed by atoms with E-state index in [1.165, 1.54) is 12.8 Å². The zero-order valence-corrected chi connectivity index (χ0v) is 9.18. The molecule has 0 aliphatic rings. The van der Waals surface area contributed by atoms with Gasteiger partial charge >= 0.3 is 0 Å². The molecule has 0 aromatic carbocycles. The van der Waals surface area contributed by atoms with Crippen LogP contribution < -0.4 is 11.3 Å². The van der Waals surface area contributed by atoms with Crippen molar-refractivity contribution in [2.45, 2.75) is 46.1 Å². The van der Waals surface area contributed by atoms with E-state index in [0.29, 0.717) is 12.0 Å². The molecule has 0 rings (SSSR count). The van der Waals surface area contributed by atoms with Crippen molar-refractivity contribution in [3.63, 3.8) is 0 Å². The molecule has 0 fully saturated rings. The van der Waals surface area contributed by atoms with Crippen LogP contribution in [0.2, 0.25) is 0 Å². The fraction of sp³-hybridized carbons (Fsp3) is 1.00. The van der Waals surface area contributed by atoms with Crippen LogP contribution in [0.15, 0.2) is 0 Å². The van der Waals surface area contributed by atoms with Gasteiger partial charge in [0.15, 0.2) is 0 Å². The second-order valence-electron chi connectivity index (χ2n) is 3.52. The zero-order valence-electron chi connectivity index (χ0n) is 9.18. The Morgan fingerprint density at radius 3 is 2.46 bits per heavy atom. The van der Waals surface area contributed by atoms with Gasteiger partial charge < -0.3 is 4.74 Å². The highest BCUT2D eigenvalue weighted by Crippen LogP contribution is 2.12. The molecule has 0 amide bonds. The molecule has 0 radical (unpaired) electrons. The number of hydrazine groups is 1. The molecule has 0 aliphatic heterocycles. The summed E-state index contributed by atoms with van der Waals surface area (Å²) in [6.45, 7) is 8.05. The molecule has 0 saturated carbocycles. The Morgan fingerprint density at radius 1 is 1.31 bits per heavy atom. The normalized spacial score (nSPS) is 15.7. The summed E-state index contributed by atoms with van der Waals surface area (Å²) < 4.78 is 5.30. The van der Waals surface area contributed by atoms with Gasteiger partial charge in [-0.25, -0.2) is 0 Å². The summed E-state index contributed by atoms with van der Waals surface area (Å²) >= 11 is 0. The molecule has 0 aromatic rings. The summed E-state index contributed by atoms with van der Waals surface area (Å²) in [5.41, 5.74) is 2.87. The lowest BCUT2D eigenvalue weighted by atomic mass is 9.95. The molecule has 3 nitrogen and oxygen atoms in total. The third kappa shape index (κ3) is 6.02. The van der Waals surface area contributed by atoms with Crippen LogP contribution in [-0.4, -0.2) is 19.3 Å². The van der Waals surface area contributed by atoms with Gasteiger partial charge in [0.05, 0.1) is 0 Å². The van der Waals surface area contributed by atoms with Crippen LogP contribution in [0.25, 0.3) is 0 Å². The van der Waals surface area contributed by atoms with E-state index in [1.54, 1.807) is 0 Å². The smallest absolute Gasteiger partial charge is 0.0481 e. The van der Waals surface area contributed by atoms with E-state index < -0.39 is 0 Å². The number of hydrogen-bond acceptors (Lipinski definition) is 3. The van der Waals surface area contributed by atoms with Crippen LogP contribution >= 0.6 is 0 Å². The van der Waals surface area contributed by atoms with Crippen molar-refractivity contribution >= 4 is 0 Å². The fourth-order valence-corrected chi connectivity index (χ4v) is 1.54. The van der Waals surface area contributed by atoms with E-state index in [1.807, 2.05) is 6.92 Å². The average molecular weight is 188 g/mol. The predicted octanol–water partition coefficient (Wildman–Crippen LogP) is 1.68. The summed E-state index contributed by atoms with van der Waals surface area (Å²) in [5, 5.41) is 0. The van der Waals surface area contributed by atoms with Crippen molar-refractivity contribution in [3.8, 4) is 0 Å². The first-order valence-electron chi connectivity index (χ1n) is 5.30. The molecule has 0 bridgehead atoms. The minimum atomic E-state index is 0.395. The topological polar surface area (TPSA) is 47.3 Å². The second-order valence-corrected chi connectivity index (χ2v) is 3.52. The zero-order chi connectivity index (χ0) is 10.1. The number of hydrogen-bond donors (Lipinski definition) is 2. The van der Waals surface area contributed by atoms with Gasteiger partial charge in [-0.3, -0.25) is 11.3 Å². The molecular formula is C10H24N2O. The summed E-state index contributed by atoms with van der Waals surface area (Å²) in [5.74, 6) is 6.12. The van der Waals surface area contributed by atoms with E-state index in [0.717, 1.165) is 19.6 Å². The lowest BCUT2D eigenvalue weighted by Crippen LogP contribution is -2.40. The monoisotopic (exact) mass is 188 g/mol. The lowest BCUT2D eigenvalue weighted by Gasteiger charge is -2.22. The summed E-state index contributed by atoms with van der Waals surface area (Å²) in [6.07, 6.45) is 3.44. The van der Waals surface area contributed by atoms with Crippen molar-refractivity contribution in [3.05, 3.63) is 0 Å². The van der Waals surface area contributed by atoms with Crippen molar-refractivity contribution < 1.29 is 4.74 Å². The summed E-state index contributed by atoms with van der Waals surface area (Å²) in [6, 6.07) is 0.395.